The molecule has 2 aromatic heterocycles. The second-order valence-electron chi connectivity index (χ2n) is 4.02. The first-order valence-corrected chi connectivity index (χ1v) is 6.15. The van der Waals surface area contributed by atoms with Gasteiger partial charge in [0.15, 0.2) is 5.82 Å². The monoisotopic (exact) mass is 250 g/mol. The van der Waals surface area contributed by atoms with Crippen molar-refractivity contribution in [3.63, 3.8) is 0 Å². The van der Waals surface area contributed by atoms with E-state index in [2.05, 4.69) is 29.4 Å². The molecule has 2 heterocycles. The average Bonchev–Trinajstić information content (AvgIpc) is 2.86. The molecule has 5 nitrogen and oxygen atoms in total. The SMILES string of the molecule is CC(C)c1cc(NC(=O)c2sccc2N)n[nH]1. The molecule has 0 aromatic carbocycles. The number of H-pyrrole nitrogens is 1. The highest BCUT2D eigenvalue weighted by Crippen LogP contribution is 2.21. The zero-order chi connectivity index (χ0) is 12.4. The van der Waals surface area contributed by atoms with Crippen molar-refractivity contribution in [2.45, 2.75) is 19.8 Å². The summed E-state index contributed by atoms with van der Waals surface area (Å²) in [7, 11) is 0. The van der Waals surface area contributed by atoms with Crippen LogP contribution in [-0.4, -0.2) is 16.1 Å². The van der Waals surface area contributed by atoms with Gasteiger partial charge in [-0.3, -0.25) is 9.89 Å². The molecule has 0 radical (unpaired) electrons. The Labute approximate surface area is 103 Å². The van der Waals surface area contributed by atoms with Crippen LogP contribution in [0.3, 0.4) is 0 Å². The van der Waals surface area contributed by atoms with Crippen molar-refractivity contribution in [3.05, 3.63) is 28.1 Å². The van der Waals surface area contributed by atoms with Crippen LogP contribution in [0.5, 0.6) is 0 Å². The Morgan fingerprint density at radius 1 is 1.59 bits per heavy atom. The van der Waals surface area contributed by atoms with Crippen molar-refractivity contribution < 1.29 is 4.79 Å². The number of aromatic amines is 1. The van der Waals surface area contributed by atoms with Crippen LogP contribution in [0.15, 0.2) is 17.5 Å². The summed E-state index contributed by atoms with van der Waals surface area (Å²) < 4.78 is 0. The topological polar surface area (TPSA) is 83.8 Å². The highest BCUT2D eigenvalue weighted by Gasteiger charge is 2.13. The van der Waals surface area contributed by atoms with E-state index in [1.54, 1.807) is 11.4 Å². The summed E-state index contributed by atoms with van der Waals surface area (Å²) in [5.41, 5.74) is 7.15. The predicted octanol–water partition coefficient (Wildman–Crippen LogP) is 2.43. The maximum absolute atomic E-state index is 11.8. The molecule has 0 bridgehead atoms. The lowest BCUT2D eigenvalue weighted by atomic mass is 10.1. The molecule has 17 heavy (non-hydrogen) atoms. The molecule has 0 saturated carbocycles. The number of hydrogen-bond donors (Lipinski definition) is 3. The summed E-state index contributed by atoms with van der Waals surface area (Å²) in [5, 5.41) is 11.4. The Kier molecular flexibility index (Phi) is 3.14. The zero-order valence-corrected chi connectivity index (χ0v) is 10.5. The Balaban J connectivity index is 2.11. The van der Waals surface area contributed by atoms with E-state index in [0.717, 1.165) is 5.69 Å². The lowest BCUT2D eigenvalue weighted by Gasteiger charge is -2.00. The van der Waals surface area contributed by atoms with E-state index in [0.29, 0.717) is 22.3 Å². The summed E-state index contributed by atoms with van der Waals surface area (Å²) in [6.45, 7) is 4.10. The number of nitrogens with one attached hydrogen (secondary N) is 2. The smallest absolute Gasteiger partial charge is 0.269 e. The van der Waals surface area contributed by atoms with Gasteiger partial charge in [0.05, 0.1) is 5.69 Å². The molecule has 6 heteroatoms. The normalized spacial score (nSPS) is 10.8. The summed E-state index contributed by atoms with van der Waals surface area (Å²) in [6, 6.07) is 3.54. The van der Waals surface area contributed by atoms with Gasteiger partial charge in [-0.05, 0) is 17.4 Å². The zero-order valence-electron chi connectivity index (χ0n) is 9.65. The molecule has 90 valence electrons. The number of carbonyl (C=O) groups excluding carboxylic acids is 1. The first kappa shape index (κ1) is 11.7. The van der Waals surface area contributed by atoms with E-state index < -0.39 is 0 Å². The minimum atomic E-state index is -0.223. The average molecular weight is 250 g/mol. The van der Waals surface area contributed by atoms with Crippen LogP contribution < -0.4 is 11.1 Å². The Hall–Kier alpha value is -1.82. The molecule has 0 spiro atoms. The Bertz CT molecular complexity index is 529. The van der Waals surface area contributed by atoms with E-state index in [1.165, 1.54) is 11.3 Å². The number of hydrogen-bond acceptors (Lipinski definition) is 4. The minimum absolute atomic E-state index is 0.223. The molecule has 2 rings (SSSR count). The van der Waals surface area contributed by atoms with Gasteiger partial charge in [-0.25, -0.2) is 0 Å². The Morgan fingerprint density at radius 2 is 2.35 bits per heavy atom. The summed E-state index contributed by atoms with van der Waals surface area (Å²) in [4.78, 5) is 12.4. The quantitative estimate of drug-likeness (QED) is 0.782. The maximum atomic E-state index is 11.8. The number of aromatic nitrogens is 2. The third-order valence-electron chi connectivity index (χ3n) is 2.36. The van der Waals surface area contributed by atoms with Gasteiger partial charge in [-0.15, -0.1) is 11.3 Å². The number of carbonyl (C=O) groups is 1. The lowest BCUT2D eigenvalue weighted by molar-refractivity contribution is 0.103. The molecule has 0 saturated heterocycles. The fraction of sp³-hybridized carbons (Fsp3) is 0.273. The summed E-state index contributed by atoms with van der Waals surface area (Å²) >= 11 is 1.31. The van der Waals surface area contributed by atoms with Gasteiger partial charge in [-0.1, -0.05) is 13.8 Å². The first-order valence-electron chi connectivity index (χ1n) is 5.27. The van der Waals surface area contributed by atoms with Crippen molar-refractivity contribution in [2.24, 2.45) is 0 Å². The van der Waals surface area contributed by atoms with E-state index in [4.69, 9.17) is 5.73 Å². The number of rotatable bonds is 3. The van der Waals surface area contributed by atoms with Gasteiger partial charge in [0.25, 0.3) is 5.91 Å². The molecule has 0 aliphatic heterocycles. The van der Waals surface area contributed by atoms with Crippen molar-refractivity contribution in [1.29, 1.82) is 0 Å². The van der Waals surface area contributed by atoms with Crippen LogP contribution >= 0.6 is 11.3 Å². The van der Waals surface area contributed by atoms with Crippen molar-refractivity contribution >= 4 is 28.7 Å². The van der Waals surface area contributed by atoms with Crippen LogP contribution in [0.1, 0.15) is 35.1 Å². The standard InChI is InChI=1S/C11H14N4OS/c1-6(2)8-5-9(15-14-8)13-11(16)10-7(12)3-4-17-10/h3-6H,12H2,1-2H3,(H2,13,14,15,16). The second-order valence-corrected chi connectivity index (χ2v) is 4.94. The largest absolute Gasteiger partial charge is 0.397 e. The van der Waals surface area contributed by atoms with E-state index in [-0.39, 0.29) is 5.91 Å². The van der Waals surface area contributed by atoms with Gasteiger partial charge in [-0.2, -0.15) is 5.10 Å². The highest BCUT2D eigenvalue weighted by atomic mass is 32.1. The second kappa shape index (κ2) is 4.58. The van der Waals surface area contributed by atoms with E-state index in [1.807, 2.05) is 6.07 Å². The van der Waals surface area contributed by atoms with Gasteiger partial charge in [0, 0.05) is 11.8 Å². The number of nitrogens with two attached hydrogens (primary N) is 1. The fourth-order valence-corrected chi connectivity index (χ4v) is 2.09. The van der Waals surface area contributed by atoms with Crippen LogP contribution in [0, 0.1) is 0 Å². The predicted molar refractivity (Wildman–Crippen MR) is 69.4 cm³/mol. The number of nitrogen functional groups attached to an aromatic ring is 1. The van der Waals surface area contributed by atoms with E-state index in [9.17, 15) is 4.79 Å². The molecule has 0 unspecified atom stereocenters. The van der Waals surface area contributed by atoms with Crippen molar-refractivity contribution in [1.82, 2.24) is 10.2 Å². The molecule has 0 aliphatic carbocycles. The maximum Gasteiger partial charge on any atom is 0.269 e. The molecule has 0 fully saturated rings. The van der Waals surface area contributed by atoms with Gasteiger partial charge >= 0.3 is 0 Å². The van der Waals surface area contributed by atoms with E-state index >= 15 is 0 Å². The first-order chi connectivity index (χ1) is 8.08. The molecular weight excluding hydrogens is 236 g/mol. The van der Waals surface area contributed by atoms with Gasteiger partial charge in [0.2, 0.25) is 0 Å². The van der Waals surface area contributed by atoms with Crippen molar-refractivity contribution in [2.75, 3.05) is 11.1 Å². The number of anilines is 2. The summed E-state index contributed by atoms with van der Waals surface area (Å²) in [6.07, 6.45) is 0. The third-order valence-corrected chi connectivity index (χ3v) is 3.29. The number of thiophene rings is 1. The van der Waals surface area contributed by atoms with Crippen molar-refractivity contribution in [3.8, 4) is 0 Å². The van der Waals surface area contributed by atoms with Crippen LogP contribution in [-0.2, 0) is 0 Å². The summed E-state index contributed by atoms with van der Waals surface area (Å²) in [5.74, 6) is 0.644. The molecular formula is C11H14N4OS. The highest BCUT2D eigenvalue weighted by molar-refractivity contribution is 7.12. The minimum Gasteiger partial charge on any atom is -0.397 e. The fourth-order valence-electron chi connectivity index (χ4n) is 1.37. The molecule has 0 aliphatic rings. The number of amides is 1. The van der Waals surface area contributed by atoms with Gasteiger partial charge in [0.1, 0.15) is 4.88 Å². The van der Waals surface area contributed by atoms with Gasteiger partial charge < -0.3 is 11.1 Å². The molecule has 2 aromatic rings. The van der Waals surface area contributed by atoms with Crippen LogP contribution in [0.2, 0.25) is 0 Å². The Morgan fingerprint density at radius 3 is 2.88 bits per heavy atom. The molecule has 0 atom stereocenters. The number of nitrogens with zero attached hydrogens (tertiary/aromatic N) is 1. The molecule has 1 amide bonds. The van der Waals surface area contributed by atoms with Crippen LogP contribution in [0.4, 0.5) is 11.5 Å². The third kappa shape index (κ3) is 2.47. The van der Waals surface area contributed by atoms with Crippen LogP contribution in [0.25, 0.3) is 0 Å². The lowest BCUT2D eigenvalue weighted by Crippen LogP contribution is -2.12. The molecule has 4 N–H and O–H groups in total.